The second-order valence-electron chi connectivity index (χ2n) is 11.0. The smallest absolute Gasteiger partial charge is 0.221 e. The van der Waals surface area contributed by atoms with E-state index in [0.717, 1.165) is 30.4 Å². The molecular formula is C26H40N4OSSi. The molecule has 0 bridgehead atoms. The van der Waals surface area contributed by atoms with Crippen LogP contribution in [0.15, 0.2) is 21.9 Å². The van der Waals surface area contributed by atoms with E-state index in [4.69, 9.17) is 14.6 Å². The van der Waals surface area contributed by atoms with Crippen LogP contribution >= 0.6 is 11.3 Å². The fourth-order valence-electron chi connectivity index (χ4n) is 7.79. The molecule has 2 aromatic rings. The third-order valence-electron chi connectivity index (χ3n) is 9.32. The Labute approximate surface area is 203 Å². The van der Waals surface area contributed by atoms with Gasteiger partial charge in [0.2, 0.25) is 14.0 Å². The van der Waals surface area contributed by atoms with E-state index in [1.807, 2.05) is 11.3 Å². The van der Waals surface area contributed by atoms with E-state index >= 15 is 0 Å². The molecule has 33 heavy (non-hydrogen) atoms. The van der Waals surface area contributed by atoms with Gasteiger partial charge in [0.1, 0.15) is 0 Å². The summed E-state index contributed by atoms with van der Waals surface area (Å²) >= 11 is 1.97. The predicted octanol–water partition coefficient (Wildman–Crippen LogP) is 4.35. The van der Waals surface area contributed by atoms with E-state index in [-0.39, 0.29) is 0 Å². The standard InChI is InChI=1S/C26H40N4OSSi/c1-2-9-19(10-3-1)25-29-30-26(31-25)33(24-14-8-18-32-24,23-13-6-7-16-28-23)22-15-17-27-21-12-5-4-11-20(21)22/h8,14,18-23,27-28H,1-7,9-13,15-17H2. The van der Waals surface area contributed by atoms with Crippen molar-refractivity contribution in [3.8, 4) is 0 Å². The summed E-state index contributed by atoms with van der Waals surface area (Å²) in [4.78, 5) is 0. The molecule has 0 spiro atoms. The molecule has 0 aromatic carbocycles. The van der Waals surface area contributed by atoms with Gasteiger partial charge in [-0.3, -0.25) is 0 Å². The zero-order chi connectivity index (χ0) is 22.1. The van der Waals surface area contributed by atoms with Gasteiger partial charge in [-0.2, -0.15) is 11.3 Å². The Hall–Kier alpha value is -1.02. The zero-order valence-electron chi connectivity index (χ0n) is 19.9. The van der Waals surface area contributed by atoms with Gasteiger partial charge in [-0.15, -0.1) is 10.2 Å². The number of hydrogen-bond donors (Lipinski definition) is 2. The van der Waals surface area contributed by atoms with Gasteiger partial charge in [0.05, 0.1) is 0 Å². The predicted molar refractivity (Wildman–Crippen MR) is 137 cm³/mol. The maximum atomic E-state index is 6.88. The topological polar surface area (TPSA) is 63.0 Å². The molecule has 2 aliphatic heterocycles. The van der Waals surface area contributed by atoms with Crippen LogP contribution in [-0.2, 0) is 0 Å². The van der Waals surface area contributed by atoms with Crippen LogP contribution in [0.25, 0.3) is 0 Å². The van der Waals surface area contributed by atoms with Crippen molar-refractivity contribution in [2.45, 2.75) is 107 Å². The molecule has 5 nitrogen and oxygen atoms in total. The third kappa shape index (κ3) is 4.07. The van der Waals surface area contributed by atoms with Crippen molar-refractivity contribution in [1.29, 1.82) is 0 Å². The minimum Gasteiger partial charge on any atom is -0.429 e. The maximum Gasteiger partial charge on any atom is 0.221 e. The monoisotopic (exact) mass is 484 g/mol. The molecule has 180 valence electrons. The Balaban J connectivity index is 1.48. The quantitative estimate of drug-likeness (QED) is 0.618. The van der Waals surface area contributed by atoms with Crippen molar-refractivity contribution in [2.24, 2.45) is 5.92 Å². The van der Waals surface area contributed by atoms with Crippen molar-refractivity contribution in [2.75, 3.05) is 13.1 Å². The largest absolute Gasteiger partial charge is 0.429 e. The molecule has 5 atom stereocenters. The SMILES string of the molecule is c1csc([Si](c2nnc(C3CCCCC3)o2)(C2CCCCN2)C2CCNC3CCCCC32)c1. The Kier molecular flexibility index (Phi) is 6.74. The number of nitrogens with one attached hydrogen (secondary N) is 2. The Morgan fingerprint density at radius 1 is 0.848 bits per heavy atom. The highest BCUT2D eigenvalue weighted by Gasteiger charge is 2.59. The molecule has 4 fully saturated rings. The fraction of sp³-hybridized carbons (Fsp3) is 0.769. The lowest BCUT2D eigenvalue weighted by atomic mass is 9.79. The van der Waals surface area contributed by atoms with Crippen molar-refractivity contribution in [1.82, 2.24) is 20.8 Å². The fourth-order valence-corrected chi connectivity index (χ4v) is 16.1. The first-order valence-electron chi connectivity index (χ1n) is 13.7. The summed E-state index contributed by atoms with van der Waals surface area (Å²) < 4.78 is 8.46. The van der Waals surface area contributed by atoms with Gasteiger partial charge >= 0.3 is 0 Å². The second kappa shape index (κ2) is 9.92. The highest BCUT2D eigenvalue weighted by molar-refractivity contribution is 7.28. The zero-order valence-corrected chi connectivity index (χ0v) is 21.8. The first-order chi connectivity index (χ1) is 16.4. The molecular weight excluding hydrogens is 444 g/mol. The average molecular weight is 485 g/mol. The normalized spacial score (nSPS) is 33.3. The van der Waals surface area contributed by atoms with Gasteiger partial charge in [0.25, 0.3) is 0 Å². The number of thiophene rings is 1. The van der Waals surface area contributed by atoms with Crippen molar-refractivity contribution in [3.05, 3.63) is 23.4 Å². The summed E-state index contributed by atoms with van der Waals surface area (Å²) in [7, 11) is -2.32. The van der Waals surface area contributed by atoms with Gasteiger partial charge in [0, 0.05) is 22.1 Å². The molecule has 4 heterocycles. The van der Waals surface area contributed by atoms with E-state index in [1.165, 1.54) is 83.5 Å². The summed E-state index contributed by atoms with van der Waals surface area (Å²) in [6.07, 6.45) is 17.0. The molecule has 6 rings (SSSR count). The second-order valence-corrected chi connectivity index (χ2v) is 16.5. The third-order valence-corrected chi connectivity index (χ3v) is 16.7. The number of nitrogens with zero attached hydrogens (tertiary/aromatic N) is 2. The number of piperidine rings is 2. The van der Waals surface area contributed by atoms with Crippen LogP contribution in [-0.4, -0.2) is 43.1 Å². The van der Waals surface area contributed by atoms with Crippen LogP contribution in [0.1, 0.15) is 95.3 Å². The first kappa shape index (κ1) is 22.4. The van der Waals surface area contributed by atoms with E-state index in [0.29, 0.717) is 23.2 Å². The number of rotatable bonds is 5. The molecule has 7 heteroatoms. The summed E-state index contributed by atoms with van der Waals surface area (Å²) in [6, 6.07) is 5.37. The lowest BCUT2D eigenvalue weighted by Crippen LogP contribution is -2.75. The lowest BCUT2D eigenvalue weighted by molar-refractivity contribution is 0.206. The van der Waals surface area contributed by atoms with Gasteiger partial charge < -0.3 is 15.1 Å². The molecule has 0 radical (unpaired) electrons. The molecule has 2 saturated heterocycles. The molecule has 4 aliphatic rings. The number of fused-ring (bicyclic) bond motifs is 1. The Bertz CT molecular complexity index is 890. The van der Waals surface area contributed by atoms with Crippen LogP contribution in [0.2, 0.25) is 5.54 Å². The highest BCUT2D eigenvalue weighted by atomic mass is 32.1. The van der Waals surface area contributed by atoms with Crippen molar-refractivity contribution in [3.63, 3.8) is 0 Å². The first-order valence-corrected chi connectivity index (χ1v) is 16.8. The lowest BCUT2D eigenvalue weighted by Gasteiger charge is -2.51. The van der Waals surface area contributed by atoms with E-state index in [9.17, 15) is 0 Å². The molecule has 2 saturated carbocycles. The van der Waals surface area contributed by atoms with Crippen LogP contribution < -0.4 is 20.6 Å². The van der Waals surface area contributed by atoms with Crippen LogP contribution in [0.3, 0.4) is 0 Å². The van der Waals surface area contributed by atoms with Crippen molar-refractivity contribution >= 4 is 29.4 Å². The Morgan fingerprint density at radius 2 is 1.70 bits per heavy atom. The van der Waals surface area contributed by atoms with Gasteiger partial charge in [-0.1, -0.05) is 50.7 Å². The van der Waals surface area contributed by atoms with E-state index in [2.05, 4.69) is 28.1 Å². The summed E-state index contributed by atoms with van der Waals surface area (Å²) in [5.41, 5.74) is 2.24. The van der Waals surface area contributed by atoms with Crippen LogP contribution in [0.4, 0.5) is 0 Å². The highest BCUT2D eigenvalue weighted by Crippen LogP contribution is 2.46. The number of hydrogen-bond acceptors (Lipinski definition) is 6. The van der Waals surface area contributed by atoms with Crippen LogP contribution in [0.5, 0.6) is 0 Å². The van der Waals surface area contributed by atoms with Crippen LogP contribution in [0, 0.1) is 5.92 Å². The molecule has 0 amide bonds. The summed E-state index contributed by atoms with van der Waals surface area (Å²) in [5, 5.41) is 20.0. The summed E-state index contributed by atoms with van der Waals surface area (Å²) in [5.74, 6) is 2.17. The van der Waals surface area contributed by atoms with Gasteiger partial charge in [-0.25, -0.2) is 0 Å². The minimum absolute atomic E-state index is 0.477. The van der Waals surface area contributed by atoms with Crippen molar-refractivity contribution < 1.29 is 4.42 Å². The van der Waals surface area contributed by atoms with E-state index in [1.54, 1.807) is 4.50 Å². The van der Waals surface area contributed by atoms with Gasteiger partial charge in [0.15, 0.2) is 5.51 Å². The molecule has 5 unspecified atom stereocenters. The average Bonchev–Trinajstić information content (AvgIpc) is 3.60. The minimum atomic E-state index is -2.32. The molecule has 2 N–H and O–H groups in total. The maximum absolute atomic E-state index is 6.88. The summed E-state index contributed by atoms with van der Waals surface area (Å²) in [6.45, 7) is 2.27. The Morgan fingerprint density at radius 3 is 2.52 bits per heavy atom. The van der Waals surface area contributed by atoms with Gasteiger partial charge in [-0.05, 0) is 74.9 Å². The molecule has 2 aromatic heterocycles. The van der Waals surface area contributed by atoms with E-state index < -0.39 is 8.07 Å². The molecule has 2 aliphatic carbocycles. The number of aromatic nitrogens is 2.